The fourth-order valence-electron chi connectivity index (χ4n) is 1.57. The van der Waals surface area contributed by atoms with Crippen LogP contribution in [-0.4, -0.2) is 0 Å². The van der Waals surface area contributed by atoms with Gasteiger partial charge < -0.3 is 0 Å². The molecule has 0 saturated heterocycles. The Labute approximate surface area is 113 Å². The maximum absolute atomic E-state index is 6.46. The van der Waals surface area contributed by atoms with Crippen molar-refractivity contribution < 1.29 is 0 Å². The van der Waals surface area contributed by atoms with Crippen LogP contribution in [0.3, 0.4) is 0 Å². The third kappa shape index (κ3) is 2.50. The van der Waals surface area contributed by atoms with E-state index in [0.29, 0.717) is 0 Å². The van der Waals surface area contributed by atoms with Crippen molar-refractivity contribution in [3.63, 3.8) is 0 Å². The van der Waals surface area contributed by atoms with Crippen LogP contribution in [0.1, 0.15) is 27.6 Å². The van der Waals surface area contributed by atoms with Crippen molar-refractivity contribution >= 4 is 38.9 Å². The quantitative estimate of drug-likeness (QED) is 0.646. The highest BCUT2D eigenvalue weighted by molar-refractivity contribution is 9.11. The second kappa shape index (κ2) is 4.91. The highest BCUT2D eigenvalue weighted by atomic mass is 79.9. The summed E-state index contributed by atoms with van der Waals surface area (Å²) in [6.45, 7) is 4.23. The molecule has 1 aromatic heterocycles. The zero-order chi connectivity index (χ0) is 11.7. The van der Waals surface area contributed by atoms with Crippen molar-refractivity contribution in [1.82, 2.24) is 0 Å². The summed E-state index contributed by atoms with van der Waals surface area (Å²) in [5.74, 6) is 0. The van der Waals surface area contributed by atoms with Crippen LogP contribution in [0.15, 0.2) is 33.4 Å². The molecule has 84 valence electrons. The fraction of sp³-hybridized carbons (Fsp3) is 0.231. The molecule has 1 heterocycles. The third-order valence-electron chi connectivity index (χ3n) is 2.70. The van der Waals surface area contributed by atoms with Crippen LogP contribution in [0.2, 0.25) is 0 Å². The predicted molar refractivity (Wildman–Crippen MR) is 75.6 cm³/mol. The van der Waals surface area contributed by atoms with E-state index in [-0.39, 0.29) is 5.38 Å². The Morgan fingerprint density at radius 2 is 1.88 bits per heavy atom. The van der Waals surface area contributed by atoms with Gasteiger partial charge in [-0.2, -0.15) is 0 Å². The second-order valence-electron chi connectivity index (χ2n) is 3.89. The summed E-state index contributed by atoms with van der Waals surface area (Å²) in [4.78, 5) is 0. The van der Waals surface area contributed by atoms with E-state index in [0.717, 1.165) is 14.9 Å². The minimum atomic E-state index is -0.0538. The van der Waals surface area contributed by atoms with Crippen LogP contribution in [0.5, 0.6) is 0 Å². The van der Waals surface area contributed by atoms with Crippen molar-refractivity contribution in [2.24, 2.45) is 0 Å². The first-order valence-electron chi connectivity index (χ1n) is 5.03. The van der Waals surface area contributed by atoms with E-state index in [1.807, 2.05) is 0 Å². The van der Waals surface area contributed by atoms with Crippen LogP contribution in [0.25, 0.3) is 0 Å². The highest BCUT2D eigenvalue weighted by Gasteiger charge is 2.12. The van der Waals surface area contributed by atoms with Crippen molar-refractivity contribution in [2.75, 3.05) is 0 Å². The van der Waals surface area contributed by atoms with Gasteiger partial charge in [0.15, 0.2) is 0 Å². The minimum absolute atomic E-state index is 0.0538. The molecule has 1 aromatic carbocycles. The molecule has 0 bridgehead atoms. The summed E-state index contributed by atoms with van der Waals surface area (Å²) in [5, 5.41) is 2.04. The average Bonchev–Trinajstić information content (AvgIpc) is 2.68. The summed E-state index contributed by atoms with van der Waals surface area (Å²) in [6, 6.07) is 8.48. The smallest absolute Gasteiger partial charge is 0.0843 e. The Kier molecular flexibility index (Phi) is 3.73. The van der Waals surface area contributed by atoms with Crippen LogP contribution >= 0.6 is 38.9 Å². The topological polar surface area (TPSA) is 0 Å². The van der Waals surface area contributed by atoms with Crippen molar-refractivity contribution in [3.05, 3.63) is 55.7 Å². The predicted octanol–water partition coefficient (Wildman–Crippen LogP) is 5.46. The summed E-state index contributed by atoms with van der Waals surface area (Å²) >= 11 is 11.6. The second-order valence-corrected chi connectivity index (χ2v) is 6.62. The molecular formula is C13H12BrClS. The molecule has 0 radical (unpaired) electrons. The largest absolute Gasteiger partial charge is 0.136 e. The Morgan fingerprint density at radius 3 is 2.44 bits per heavy atom. The Bertz CT molecular complexity index is 504. The lowest BCUT2D eigenvalue weighted by Gasteiger charge is -2.10. The molecule has 0 spiro atoms. The molecule has 0 saturated carbocycles. The molecule has 1 atom stereocenters. The van der Waals surface area contributed by atoms with Gasteiger partial charge in [-0.3, -0.25) is 0 Å². The van der Waals surface area contributed by atoms with Gasteiger partial charge in [-0.15, -0.1) is 22.9 Å². The van der Waals surface area contributed by atoms with E-state index in [4.69, 9.17) is 11.6 Å². The zero-order valence-corrected chi connectivity index (χ0v) is 12.3. The van der Waals surface area contributed by atoms with Gasteiger partial charge >= 0.3 is 0 Å². The van der Waals surface area contributed by atoms with Gasteiger partial charge in [-0.05, 0) is 63.5 Å². The lowest BCUT2D eigenvalue weighted by Crippen LogP contribution is -1.93. The number of hydrogen-bond donors (Lipinski definition) is 0. The van der Waals surface area contributed by atoms with Crippen molar-refractivity contribution in [2.45, 2.75) is 19.2 Å². The number of rotatable bonds is 2. The summed E-state index contributed by atoms with van der Waals surface area (Å²) in [5.41, 5.74) is 4.91. The van der Waals surface area contributed by atoms with E-state index < -0.39 is 0 Å². The number of thiophene rings is 1. The van der Waals surface area contributed by atoms with Gasteiger partial charge in [0.05, 0.1) is 9.16 Å². The molecule has 0 fully saturated rings. The number of halogens is 2. The van der Waals surface area contributed by atoms with Gasteiger partial charge in [0.1, 0.15) is 0 Å². The highest BCUT2D eigenvalue weighted by Crippen LogP contribution is 2.34. The lowest BCUT2D eigenvalue weighted by atomic mass is 10.0. The molecule has 2 rings (SSSR count). The normalized spacial score (nSPS) is 12.8. The van der Waals surface area contributed by atoms with E-state index in [2.05, 4.69) is 59.4 Å². The average molecular weight is 316 g/mol. The summed E-state index contributed by atoms with van der Waals surface area (Å²) < 4.78 is 1.12. The molecule has 3 heteroatoms. The summed E-state index contributed by atoms with van der Waals surface area (Å²) in [7, 11) is 0. The molecular weight excluding hydrogens is 304 g/mol. The maximum Gasteiger partial charge on any atom is 0.0843 e. The monoisotopic (exact) mass is 314 g/mol. The Hall–Kier alpha value is -0.310. The van der Waals surface area contributed by atoms with Crippen LogP contribution in [-0.2, 0) is 0 Å². The Morgan fingerprint density at radius 1 is 1.12 bits per heavy atom. The number of alkyl halides is 1. The zero-order valence-electron chi connectivity index (χ0n) is 9.13. The first-order valence-corrected chi connectivity index (χ1v) is 7.14. The van der Waals surface area contributed by atoms with Crippen molar-refractivity contribution in [3.8, 4) is 0 Å². The molecule has 0 N–H and O–H groups in total. The van der Waals surface area contributed by atoms with E-state index in [1.54, 1.807) is 11.3 Å². The van der Waals surface area contributed by atoms with Crippen LogP contribution < -0.4 is 0 Å². The molecule has 0 amide bonds. The number of aryl methyl sites for hydroxylation is 2. The minimum Gasteiger partial charge on any atom is -0.136 e. The van der Waals surface area contributed by atoms with Crippen LogP contribution in [0, 0.1) is 13.8 Å². The first-order chi connectivity index (χ1) is 7.58. The van der Waals surface area contributed by atoms with Crippen LogP contribution in [0.4, 0.5) is 0 Å². The van der Waals surface area contributed by atoms with Gasteiger partial charge in [-0.1, -0.05) is 18.2 Å². The first kappa shape index (κ1) is 12.2. The number of benzene rings is 1. The number of hydrogen-bond acceptors (Lipinski definition) is 1. The van der Waals surface area contributed by atoms with E-state index >= 15 is 0 Å². The van der Waals surface area contributed by atoms with Gasteiger partial charge in [0.25, 0.3) is 0 Å². The SMILES string of the molecule is Cc1ccc(C(Cl)c2csc(Br)c2)cc1C. The van der Waals surface area contributed by atoms with E-state index in [9.17, 15) is 0 Å². The van der Waals surface area contributed by atoms with E-state index in [1.165, 1.54) is 11.1 Å². The lowest BCUT2D eigenvalue weighted by molar-refractivity contribution is 1.13. The molecule has 0 nitrogen and oxygen atoms in total. The molecule has 2 aromatic rings. The van der Waals surface area contributed by atoms with Gasteiger partial charge in [0.2, 0.25) is 0 Å². The Balaban J connectivity index is 2.33. The van der Waals surface area contributed by atoms with Crippen molar-refractivity contribution in [1.29, 1.82) is 0 Å². The molecule has 16 heavy (non-hydrogen) atoms. The third-order valence-corrected chi connectivity index (χ3v) is 4.73. The standard InChI is InChI=1S/C13H12BrClS/c1-8-3-4-10(5-9(8)2)13(15)11-6-12(14)16-7-11/h3-7,13H,1-2H3. The molecule has 0 aliphatic rings. The molecule has 0 aliphatic heterocycles. The maximum atomic E-state index is 6.46. The fourth-order valence-corrected chi connectivity index (χ4v) is 3.11. The van der Waals surface area contributed by atoms with Gasteiger partial charge in [0, 0.05) is 0 Å². The summed E-state index contributed by atoms with van der Waals surface area (Å²) in [6.07, 6.45) is 0. The molecule has 1 unspecified atom stereocenters. The van der Waals surface area contributed by atoms with Gasteiger partial charge in [-0.25, -0.2) is 0 Å². The molecule has 0 aliphatic carbocycles.